The minimum Gasteiger partial charge on any atom is -0.493 e. The summed E-state index contributed by atoms with van der Waals surface area (Å²) in [5, 5.41) is 8.80. The monoisotopic (exact) mass is 308 g/mol. The molecular formula is C15H20N2O5. The standard InChI is InChI=1S/C15H20N2O5/c1-10(15(20)21)9-17(2)13(18)7-8-22-12-5-3-11(4-6-12)14(16)19/h3-6,10H,7-9H2,1-2H3,(H2,16,19)(H,20,21). The van der Waals surface area contributed by atoms with Crippen LogP contribution >= 0.6 is 0 Å². The van der Waals surface area contributed by atoms with Crippen LogP contribution in [0.2, 0.25) is 0 Å². The normalized spacial score (nSPS) is 11.5. The van der Waals surface area contributed by atoms with Gasteiger partial charge in [0, 0.05) is 19.2 Å². The number of primary amides is 1. The van der Waals surface area contributed by atoms with Crippen molar-refractivity contribution in [3.8, 4) is 5.75 Å². The Labute approximate surface area is 128 Å². The van der Waals surface area contributed by atoms with Gasteiger partial charge in [-0.3, -0.25) is 14.4 Å². The van der Waals surface area contributed by atoms with E-state index in [0.717, 1.165) is 0 Å². The SMILES string of the molecule is CC(CN(C)C(=O)CCOc1ccc(C(N)=O)cc1)C(=O)O. The van der Waals surface area contributed by atoms with E-state index in [2.05, 4.69) is 0 Å². The predicted octanol–water partition coefficient (Wildman–Crippen LogP) is 0.734. The molecule has 3 N–H and O–H groups in total. The number of ether oxygens (including phenoxy) is 1. The second kappa shape index (κ2) is 8.02. The van der Waals surface area contributed by atoms with Crippen molar-refractivity contribution in [2.45, 2.75) is 13.3 Å². The Kier molecular flexibility index (Phi) is 6.37. The molecule has 1 aromatic rings. The third kappa shape index (κ3) is 5.43. The van der Waals surface area contributed by atoms with Gasteiger partial charge in [0.15, 0.2) is 0 Å². The number of amides is 2. The van der Waals surface area contributed by atoms with Crippen molar-refractivity contribution in [3.63, 3.8) is 0 Å². The number of carbonyl (C=O) groups is 3. The van der Waals surface area contributed by atoms with Gasteiger partial charge < -0.3 is 20.5 Å². The number of hydrogen-bond donors (Lipinski definition) is 2. The number of rotatable bonds is 8. The Morgan fingerprint density at radius 3 is 2.36 bits per heavy atom. The molecule has 22 heavy (non-hydrogen) atoms. The number of nitrogens with two attached hydrogens (primary N) is 1. The van der Waals surface area contributed by atoms with Gasteiger partial charge in [-0.2, -0.15) is 0 Å². The number of benzene rings is 1. The number of hydrogen-bond acceptors (Lipinski definition) is 4. The lowest BCUT2D eigenvalue weighted by molar-refractivity contribution is -0.142. The van der Waals surface area contributed by atoms with Crippen molar-refractivity contribution in [2.75, 3.05) is 20.2 Å². The maximum absolute atomic E-state index is 11.8. The lowest BCUT2D eigenvalue weighted by atomic mass is 10.2. The van der Waals surface area contributed by atoms with Crippen LogP contribution in [0, 0.1) is 5.92 Å². The molecule has 0 fully saturated rings. The minimum atomic E-state index is -0.939. The minimum absolute atomic E-state index is 0.139. The fraction of sp³-hybridized carbons (Fsp3) is 0.400. The zero-order chi connectivity index (χ0) is 16.7. The summed E-state index contributed by atoms with van der Waals surface area (Å²) >= 11 is 0. The van der Waals surface area contributed by atoms with Crippen LogP contribution in [0.5, 0.6) is 5.75 Å². The third-order valence-electron chi connectivity index (χ3n) is 3.12. The van der Waals surface area contributed by atoms with E-state index < -0.39 is 17.8 Å². The molecule has 120 valence electrons. The zero-order valence-electron chi connectivity index (χ0n) is 12.6. The molecule has 0 aliphatic carbocycles. The van der Waals surface area contributed by atoms with Crippen molar-refractivity contribution < 1.29 is 24.2 Å². The van der Waals surface area contributed by atoms with E-state index in [4.69, 9.17) is 15.6 Å². The molecule has 0 heterocycles. The fourth-order valence-corrected chi connectivity index (χ4v) is 1.75. The van der Waals surface area contributed by atoms with Crippen molar-refractivity contribution in [2.24, 2.45) is 11.7 Å². The molecule has 0 aliphatic heterocycles. The average Bonchev–Trinajstić information content (AvgIpc) is 2.47. The first kappa shape index (κ1) is 17.5. The molecule has 1 unspecified atom stereocenters. The fourth-order valence-electron chi connectivity index (χ4n) is 1.75. The van der Waals surface area contributed by atoms with Crippen molar-refractivity contribution in [1.29, 1.82) is 0 Å². The van der Waals surface area contributed by atoms with Gasteiger partial charge in [-0.25, -0.2) is 0 Å². The molecule has 2 amide bonds. The van der Waals surface area contributed by atoms with Crippen LogP contribution in [0.3, 0.4) is 0 Å². The number of carbonyl (C=O) groups excluding carboxylic acids is 2. The lowest BCUT2D eigenvalue weighted by Crippen LogP contribution is -2.34. The molecular weight excluding hydrogens is 288 g/mol. The molecule has 0 spiro atoms. The molecule has 1 aromatic carbocycles. The van der Waals surface area contributed by atoms with Gasteiger partial charge in [0.1, 0.15) is 5.75 Å². The maximum atomic E-state index is 11.8. The van der Waals surface area contributed by atoms with Crippen molar-refractivity contribution in [3.05, 3.63) is 29.8 Å². The summed E-state index contributed by atoms with van der Waals surface area (Å²) < 4.78 is 5.40. The molecule has 0 aromatic heterocycles. The quantitative estimate of drug-likeness (QED) is 0.735. The molecule has 7 nitrogen and oxygen atoms in total. The van der Waals surface area contributed by atoms with E-state index in [9.17, 15) is 14.4 Å². The number of aliphatic carboxylic acids is 1. The van der Waals surface area contributed by atoms with Crippen molar-refractivity contribution in [1.82, 2.24) is 4.90 Å². The summed E-state index contributed by atoms with van der Waals surface area (Å²) in [7, 11) is 1.56. The largest absolute Gasteiger partial charge is 0.493 e. The summed E-state index contributed by atoms with van der Waals surface area (Å²) in [6, 6.07) is 6.28. The Balaban J connectivity index is 2.38. The molecule has 1 rings (SSSR count). The molecule has 7 heteroatoms. The van der Waals surface area contributed by atoms with Gasteiger partial charge in [-0.1, -0.05) is 6.92 Å². The first-order valence-corrected chi connectivity index (χ1v) is 6.80. The second-order valence-corrected chi connectivity index (χ2v) is 5.00. The molecule has 0 radical (unpaired) electrons. The molecule has 0 aliphatic rings. The number of carboxylic acids is 1. The number of carboxylic acid groups (broad SMARTS) is 1. The highest BCUT2D eigenvalue weighted by molar-refractivity contribution is 5.92. The number of nitrogens with zero attached hydrogens (tertiary/aromatic N) is 1. The predicted molar refractivity (Wildman–Crippen MR) is 79.5 cm³/mol. The summed E-state index contributed by atoms with van der Waals surface area (Å²) in [5.41, 5.74) is 5.51. The van der Waals surface area contributed by atoms with Crippen LogP contribution in [0.1, 0.15) is 23.7 Å². The van der Waals surface area contributed by atoms with E-state index in [1.807, 2.05) is 0 Å². The Morgan fingerprint density at radius 2 is 1.86 bits per heavy atom. The van der Waals surface area contributed by atoms with Crippen LogP contribution in [0.25, 0.3) is 0 Å². The first-order valence-electron chi connectivity index (χ1n) is 6.80. The first-order chi connectivity index (χ1) is 10.3. The van der Waals surface area contributed by atoms with Crippen LogP contribution in [0.15, 0.2) is 24.3 Å². The molecule has 1 atom stereocenters. The Hall–Kier alpha value is -2.57. The average molecular weight is 308 g/mol. The molecule has 0 bridgehead atoms. The second-order valence-electron chi connectivity index (χ2n) is 5.00. The Morgan fingerprint density at radius 1 is 1.27 bits per heavy atom. The highest BCUT2D eigenvalue weighted by Crippen LogP contribution is 2.12. The van der Waals surface area contributed by atoms with Gasteiger partial charge in [0.25, 0.3) is 0 Å². The summed E-state index contributed by atoms with van der Waals surface area (Å²) in [4.78, 5) is 34.9. The van der Waals surface area contributed by atoms with E-state index in [0.29, 0.717) is 11.3 Å². The maximum Gasteiger partial charge on any atom is 0.308 e. The van der Waals surface area contributed by atoms with Gasteiger partial charge in [0.2, 0.25) is 11.8 Å². The zero-order valence-corrected chi connectivity index (χ0v) is 12.6. The van der Waals surface area contributed by atoms with Crippen LogP contribution < -0.4 is 10.5 Å². The van der Waals surface area contributed by atoms with E-state index in [-0.39, 0.29) is 25.5 Å². The van der Waals surface area contributed by atoms with E-state index in [1.54, 1.807) is 38.2 Å². The van der Waals surface area contributed by atoms with Crippen LogP contribution in [0.4, 0.5) is 0 Å². The summed E-state index contributed by atoms with van der Waals surface area (Å²) in [5.74, 6) is -1.74. The topological polar surface area (TPSA) is 110 Å². The highest BCUT2D eigenvalue weighted by Gasteiger charge is 2.17. The third-order valence-corrected chi connectivity index (χ3v) is 3.12. The smallest absolute Gasteiger partial charge is 0.308 e. The summed E-state index contributed by atoms with van der Waals surface area (Å²) in [6.45, 7) is 1.87. The van der Waals surface area contributed by atoms with Crippen LogP contribution in [-0.4, -0.2) is 48.0 Å². The highest BCUT2D eigenvalue weighted by atomic mass is 16.5. The summed E-state index contributed by atoms with van der Waals surface area (Å²) in [6.07, 6.45) is 0.139. The molecule has 0 saturated carbocycles. The van der Waals surface area contributed by atoms with E-state index >= 15 is 0 Å². The van der Waals surface area contributed by atoms with Crippen LogP contribution in [-0.2, 0) is 9.59 Å². The van der Waals surface area contributed by atoms with E-state index in [1.165, 1.54) is 4.90 Å². The molecule has 0 saturated heterocycles. The van der Waals surface area contributed by atoms with Gasteiger partial charge in [-0.15, -0.1) is 0 Å². The van der Waals surface area contributed by atoms with Gasteiger partial charge in [-0.05, 0) is 24.3 Å². The van der Waals surface area contributed by atoms with Crippen molar-refractivity contribution >= 4 is 17.8 Å². The lowest BCUT2D eigenvalue weighted by Gasteiger charge is -2.19. The Bertz CT molecular complexity index is 541. The van der Waals surface area contributed by atoms with Gasteiger partial charge in [0.05, 0.1) is 18.9 Å². The van der Waals surface area contributed by atoms with Gasteiger partial charge >= 0.3 is 5.97 Å².